The first-order valence-corrected chi connectivity index (χ1v) is 6.07. The van der Waals surface area contributed by atoms with E-state index in [2.05, 4.69) is 19.2 Å². The Kier molecular flexibility index (Phi) is 3.98. The van der Waals surface area contributed by atoms with Gasteiger partial charge in [0.05, 0.1) is 0 Å². The summed E-state index contributed by atoms with van der Waals surface area (Å²) in [7, 11) is 1.59. The fourth-order valence-electron chi connectivity index (χ4n) is 2.25. The monoisotopic (exact) mass is 243 g/mol. The molecule has 6 heteroatoms. The molecule has 2 atom stereocenters. The van der Waals surface area contributed by atoms with Crippen molar-refractivity contribution in [1.29, 1.82) is 0 Å². The summed E-state index contributed by atoms with van der Waals surface area (Å²) in [6, 6.07) is 0.329. The molecule has 0 radical (unpaired) electrons. The quantitative estimate of drug-likeness (QED) is 0.703. The number of amides is 1. The lowest BCUT2D eigenvalue weighted by molar-refractivity contribution is -0.267. The van der Waals surface area contributed by atoms with Crippen molar-refractivity contribution < 1.29 is 14.4 Å². The van der Waals surface area contributed by atoms with E-state index in [0.717, 1.165) is 6.54 Å². The zero-order valence-electron chi connectivity index (χ0n) is 10.7. The minimum absolute atomic E-state index is 0.140. The Balaban J connectivity index is 2.01. The summed E-state index contributed by atoms with van der Waals surface area (Å²) in [6.45, 7) is 5.89. The Bertz CT molecular complexity index is 285. The molecule has 0 aromatic heterocycles. The molecule has 98 valence electrons. The molecule has 0 spiro atoms. The summed E-state index contributed by atoms with van der Waals surface area (Å²) in [5.41, 5.74) is 0. The highest BCUT2D eigenvalue weighted by molar-refractivity contribution is 5.77. The van der Waals surface area contributed by atoms with E-state index in [-0.39, 0.29) is 19.0 Å². The van der Waals surface area contributed by atoms with E-state index in [9.17, 15) is 4.79 Å². The van der Waals surface area contributed by atoms with Gasteiger partial charge in [-0.15, -0.1) is 5.06 Å². The van der Waals surface area contributed by atoms with E-state index < -0.39 is 0 Å². The number of carbonyl (C=O) groups excluding carboxylic acids is 1. The zero-order chi connectivity index (χ0) is 12.4. The molecule has 2 fully saturated rings. The fraction of sp³-hybridized carbons (Fsp3) is 0.909. The van der Waals surface area contributed by atoms with Crippen molar-refractivity contribution in [2.24, 2.45) is 5.92 Å². The Morgan fingerprint density at radius 1 is 1.53 bits per heavy atom. The predicted octanol–water partition coefficient (Wildman–Crippen LogP) is -0.0324. The maximum Gasteiger partial charge on any atom is 0.226 e. The van der Waals surface area contributed by atoms with Gasteiger partial charge in [0.25, 0.3) is 0 Å². The topological polar surface area (TPSA) is 54.0 Å². The molecular formula is C11H21N3O3. The second-order valence-corrected chi connectivity index (χ2v) is 4.86. The van der Waals surface area contributed by atoms with Crippen molar-refractivity contribution in [2.45, 2.75) is 32.6 Å². The fourth-order valence-corrected chi connectivity index (χ4v) is 2.25. The number of hydrogen-bond acceptors (Lipinski definition) is 5. The zero-order valence-corrected chi connectivity index (χ0v) is 10.7. The second-order valence-electron chi connectivity index (χ2n) is 4.86. The van der Waals surface area contributed by atoms with Gasteiger partial charge in [0.2, 0.25) is 5.91 Å². The highest BCUT2D eigenvalue weighted by Crippen LogP contribution is 2.22. The van der Waals surface area contributed by atoms with Crippen molar-refractivity contribution in [2.75, 3.05) is 27.0 Å². The van der Waals surface area contributed by atoms with Gasteiger partial charge in [-0.05, 0) is 5.92 Å². The van der Waals surface area contributed by atoms with Crippen molar-refractivity contribution in [3.8, 4) is 0 Å². The number of hydroxylamine groups is 2. The summed E-state index contributed by atoms with van der Waals surface area (Å²) < 4.78 is 4.90. The standard InChI is InChI=1S/C11H21N3O3/c1-8(2)9-6-13-10(15)4-5-14(11(13)12-9)17-7-16-3/h8-9,11-12H,4-7H2,1-3H3/t9-,11+/m0/s1. The van der Waals surface area contributed by atoms with Crippen molar-refractivity contribution >= 4 is 5.91 Å². The molecule has 2 rings (SSSR count). The molecular weight excluding hydrogens is 222 g/mol. The second kappa shape index (κ2) is 5.30. The van der Waals surface area contributed by atoms with E-state index in [0.29, 0.717) is 24.9 Å². The summed E-state index contributed by atoms with van der Waals surface area (Å²) in [5, 5.41) is 5.23. The first kappa shape index (κ1) is 12.8. The van der Waals surface area contributed by atoms with Crippen LogP contribution in [0.3, 0.4) is 0 Å². The molecule has 0 saturated carbocycles. The third kappa shape index (κ3) is 2.60. The number of nitrogens with one attached hydrogen (secondary N) is 1. The molecule has 0 aromatic rings. The van der Waals surface area contributed by atoms with E-state index in [1.54, 1.807) is 12.2 Å². The number of hydrogen-bond donors (Lipinski definition) is 1. The molecule has 2 saturated heterocycles. The lowest BCUT2D eigenvalue weighted by Crippen LogP contribution is -2.57. The number of rotatable bonds is 4. The third-order valence-corrected chi connectivity index (χ3v) is 3.33. The van der Waals surface area contributed by atoms with Crippen LogP contribution in [0.4, 0.5) is 0 Å². The SMILES string of the molecule is COCON1CCC(=O)N2C[C@@H](C(C)C)N[C@@H]12. The maximum atomic E-state index is 11.8. The highest BCUT2D eigenvalue weighted by Gasteiger charge is 2.42. The molecule has 1 amide bonds. The van der Waals surface area contributed by atoms with Crippen LogP contribution in [-0.2, 0) is 14.4 Å². The van der Waals surface area contributed by atoms with E-state index >= 15 is 0 Å². The molecule has 2 aliphatic rings. The van der Waals surface area contributed by atoms with Gasteiger partial charge in [0.1, 0.15) is 0 Å². The van der Waals surface area contributed by atoms with E-state index in [1.807, 2.05) is 4.90 Å². The number of fused-ring (bicyclic) bond motifs is 1. The summed E-state index contributed by atoms with van der Waals surface area (Å²) in [5.74, 6) is 0.695. The minimum atomic E-state index is -0.140. The number of nitrogens with zero attached hydrogens (tertiary/aromatic N) is 2. The first-order valence-electron chi connectivity index (χ1n) is 6.07. The Morgan fingerprint density at radius 3 is 2.94 bits per heavy atom. The van der Waals surface area contributed by atoms with Crippen LogP contribution in [0, 0.1) is 5.92 Å². The minimum Gasteiger partial charge on any atom is -0.357 e. The summed E-state index contributed by atoms with van der Waals surface area (Å²) >= 11 is 0. The van der Waals surface area contributed by atoms with Crippen LogP contribution in [0.1, 0.15) is 20.3 Å². The molecule has 2 heterocycles. The first-order chi connectivity index (χ1) is 8.13. The molecule has 2 aliphatic heterocycles. The molecule has 0 unspecified atom stereocenters. The predicted molar refractivity (Wildman–Crippen MR) is 61.5 cm³/mol. The maximum absolute atomic E-state index is 11.8. The molecule has 6 nitrogen and oxygen atoms in total. The van der Waals surface area contributed by atoms with Gasteiger partial charge < -0.3 is 9.64 Å². The van der Waals surface area contributed by atoms with Crippen LogP contribution >= 0.6 is 0 Å². The van der Waals surface area contributed by atoms with Gasteiger partial charge in [-0.2, -0.15) is 0 Å². The number of carbonyl (C=O) groups is 1. The van der Waals surface area contributed by atoms with Gasteiger partial charge in [-0.1, -0.05) is 13.8 Å². The van der Waals surface area contributed by atoms with Crippen LogP contribution in [0.5, 0.6) is 0 Å². The molecule has 17 heavy (non-hydrogen) atoms. The Labute approximate surface area is 102 Å². The molecule has 0 aliphatic carbocycles. The van der Waals surface area contributed by atoms with Gasteiger partial charge in [-0.25, -0.2) is 0 Å². The summed E-state index contributed by atoms with van der Waals surface area (Å²) in [6.07, 6.45) is 0.367. The normalized spacial score (nSPS) is 30.1. The van der Waals surface area contributed by atoms with Gasteiger partial charge >= 0.3 is 0 Å². The van der Waals surface area contributed by atoms with Gasteiger partial charge in [0, 0.05) is 32.7 Å². The lowest BCUT2D eigenvalue weighted by atomic mass is 10.1. The van der Waals surface area contributed by atoms with E-state index in [4.69, 9.17) is 9.57 Å². The largest absolute Gasteiger partial charge is 0.357 e. The highest BCUT2D eigenvalue weighted by atomic mass is 16.8. The summed E-state index contributed by atoms with van der Waals surface area (Å²) in [4.78, 5) is 19.2. The smallest absolute Gasteiger partial charge is 0.226 e. The molecule has 0 bridgehead atoms. The molecule has 0 aromatic carbocycles. The van der Waals surface area contributed by atoms with Crippen molar-refractivity contribution in [1.82, 2.24) is 15.3 Å². The number of methoxy groups -OCH3 is 1. The Hall–Kier alpha value is -0.690. The van der Waals surface area contributed by atoms with Crippen molar-refractivity contribution in [3.05, 3.63) is 0 Å². The van der Waals surface area contributed by atoms with Gasteiger partial charge in [-0.3, -0.25) is 14.9 Å². The van der Waals surface area contributed by atoms with Crippen LogP contribution < -0.4 is 5.32 Å². The number of ether oxygens (including phenoxy) is 1. The van der Waals surface area contributed by atoms with Crippen LogP contribution in [0.15, 0.2) is 0 Å². The average molecular weight is 243 g/mol. The lowest BCUT2D eigenvalue weighted by Gasteiger charge is -2.37. The average Bonchev–Trinajstić information content (AvgIpc) is 2.74. The van der Waals surface area contributed by atoms with Crippen LogP contribution in [0.25, 0.3) is 0 Å². The Morgan fingerprint density at radius 2 is 2.29 bits per heavy atom. The van der Waals surface area contributed by atoms with Gasteiger partial charge in [0.15, 0.2) is 13.1 Å². The van der Waals surface area contributed by atoms with Crippen LogP contribution in [0.2, 0.25) is 0 Å². The third-order valence-electron chi connectivity index (χ3n) is 3.33. The van der Waals surface area contributed by atoms with E-state index in [1.165, 1.54) is 0 Å². The molecule has 1 N–H and O–H groups in total. The van der Waals surface area contributed by atoms with Crippen LogP contribution in [-0.4, -0.2) is 55.2 Å². The van der Waals surface area contributed by atoms with Crippen molar-refractivity contribution in [3.63, 3.8) is 0 Å².